The summed E-state index contributed by atoms with van der Waals surface area (Å²) < 4.78 is 2.55. The molecule has 0 saturated heterocycles. The van der Waals surface area contributed by atoms with E-state index >= 15 is 0 Å². The van der Waals surface area contributed by atoms with Gasteiger partial charge in [0.2, 0.25) is 0 Å². The Balaban J connectivity index is 1.13. The van der Waals surface area contributed by atoms with Crippen LogP contribution in [-0.4, -0.2) is 0 Å². The molecule has 0 radical (unpaired) electrons. The van der Waals surface area contributed by atoms with Gasteiger partial charge in [0.05, 0.1) is 21.5 Å². The first-order valence-electron chi connectivity index (χ1n) is 21.0. The summed E-state index contributed by atoms with van der Waals surface area (Å²) >= 11 is 1.88. The quantitative estimate of drug-likeness (QED) is 0.155. The van der Waals surface area contributed by atoms with Crippen molar-refractivity contribution >= 4 is 59.3 Å². The number of anilines is 3. The van der Waals surface area contributed by atoms with Gasteiger partial charge in [0, 0.05) is 26.7 Å². The van der Waals surface area contributed by atoms with Crippen LogP contribution in [0.2, 0.25) is 0 Å². The van der Waals surface area contributed by atoms with E-state index in [2.05, 4.69) is 241 Å². The molecule has 0 spiro atoms. The van der Waals surface area contributed by atoms with Gasteiger partial charge in [-0.25, -0.2) is 0 Å². The molecular weight excluding hydrogens is 755 g/mol. The Labute approximate surface area is 360 Å². The van der Waals surface area contributed by atoms with Crippen molar-refractivity contribution in [3.63, 3.8) is 0 Å². The molecule has 0 saturated carbocycles. The lowest BCUT2D eigenvalue weighted by Crippen LogP contribution is -2.28. The van der Waals surface area contributed by atoms with Gasteiger partial charge in [0.15, 0.2) is 0 Å². The van der Waals surface area contributed by atoms with Crippen LogP contribution in [0.3, 0.4) is 0 Å². The highest BCUT2D eigenvalue weighted by Crippen LogP contribution is 2.60. The van der Waals surface area contributed by atoms with E-state index in [1.165, 1.54) is 92.3 Å². The van der Waals surface area contributed by atoms with Gasteiger partial charge in [-0.15, -0.1) is 11.3 Å². The van der Waals surface area contributed by atoms with Gasteiger partial charge in [-0.3, -0.25) is 0 Å². The Hall–Kier alpha value is -7.52. The van der Waals surface area contributed by atoms with Gasteiger partial charge in [0.25, 0.3) is 0 Å². The summed E-state index contributed by atoms with van der Waals surface area (Å²) in [5, 5.41) is 5.06. The molecule has 0 unspecified atom stereocenters. The number of benzene rings is 10. The number of hydrogen-bond donors (Lipinski definition) is 0. The molecular formula is C59H39NS. The topological polar surface area (TPSA) is 3.24 Å². The summed E-state index contributed by atoms with van der Waals surface area (Å²) in [5.41, 5.74) is 15.5. The molecule has 0 aliphatic heterocycles. The zero-order valence-electron chi connectivity index (χ0n) is 33.4. The molecule has 1 nitrogen and oxygen atoms in total. The second-order valence-electron chi connectivity index (χ2n) is 16.0. The largest absolute Gasteiger partial charge is 0.308 e. The number of hydrogen-bond acceptors (Lipinski definition) is 2. The van der Waals surface area contributed by atoms with E-state index in [9.17, 15) is 0 Å². The molecule has 1 heterocycles. The summed E-state index contributed by atoms with van der Waals surface area (Å²) in [5.74, 6) is 0. The van der Waals surface area contributed by atoms with Gasteiger partial charge in [-0.05, 0) is 97.2 Å². The molecule has 0 amide bonds. The van der Waals surface area contributed by atoms with Crippen molar-refractivity contribution in [3.8, 4) is 33.4 Å². The van der Waals surface area contributed by atoms with E-state index in [4.69, 9.17) is 0 Å². The van der Waals surface area contributed by atoms with E-state index in [1.54, 1.807) is 0 Å². The van der Waals surface area contributed by atoms with Gasteiger partial charge in [-0.2, -0.15) is 0 Å². The smallest absolute Gasteiger partial charge is 0.0714 e. The molecule has 12 rings (SSSR count). The standard InChI is InChI=1S/C59H39NS/c1-4-17-40(18-5-1)43-35-38-56-51(39-43)49-28-15-32-55(58(49)61-56)60(46-36-33-42(34-37-46)48-27-14-20-41-19-10-11-25-47(41)48)54-31-16-30-53-57(54)50-26-12-13-29-52(50)59(53,44-21-6-2-7-22-44)45-23-8-3-9-24-45/h1-39H. The molecule has 2 heteroatoms. The second kappa shape index (κ2) is 14.3. The molecule has 0 atom stereocenters. The van der Waals surface area contributed by atoms with Crippen LogP contribution in [0.4, 0.5) is 17.1 Å². The first kappa shape index (κ1) is 35.4. The van der Waals surface area contributed by atoms with Gasteiger partial charge in [0.1, 0.15) is 0 Å². The van der Waals surface area contributed by atoms with E-state index < -0.39 is 5.41 Å². The first-order chi connectivity index (χ1) is 30.3. The van der Waals surface area contributed by atoms with Crippen LogP contribution < -0.4 is 4.90 Å². The molecule has 1 aromatic heterocycles. The molecule has 0 N–H and O–H groups in total. The normalized spacial score (nSPS) is 12.7. The van der Waals surface area contributed by atoms with E-state index in [0.717, 1.165) is 11.4 Å². The average Bonchev–Trinajstić information content (AvgIpc) is 3.87. The van der Waals surface area contributed by atoms with Crippen LogP contribution in [0.25, 0.3) is 64.3 Å². The maximum Gasteiger partial charge on any atom is 0.0714 e. The second-order valence-corrected chi connectivity index (χ2v) is 17.0. The number of nitrogens with zero attached hydrogens (tertiary/aromatic N) is 1. The fourth-order valence-electron chi connectivity index (χ4n) is 10.1. The lowest BCUT2D eigenvalue weighted by atomic mass is 9.68. The summed E-state index contributed by atoms with van der Waals surface area (Å²) in [7, 11) is 0. The summed E-state index contributed by atoms with van der Waals surface area (Å²) in [4.78, 5) is 2.53. The molecule has 0 bridgehead atoms. The van der Waals surface area contributed by atoms with Crippen molar-refractivity contribution in [2.45, 2.75) is 5.41 Å². The van der Waals surface area contributed by atoms with Crippen molar-refractivity contribution in [3.05, 3.63) is 259 Å². The van der Waals surface area contributed by atoms with Crippen LogP contribution in [0.1, 0.15) is 22.3 Å². The maximum atomic E-state index is 2.53. The average molecular weight is 794 g/mol. The molecule has 10 aromatic carbocycles. The van der Waals surface area contributed by atoms with Crippen molar-refractivity contribution in [1.82, 2.24) is 0 Å². The molecule has 1 aliphatic carbocycles. The Morgan fingerprint density at radius 3 is 1.72 bits per heavy atom. The lowest BCUT2D eigenvalue weighted by Gasteiger charge is -2.34. The molecule has 1 aliphatic rings. The number of rotatable bonds is 7. The highest BCUT2D eigenvalue weighted by molar-refractivity contribution is 7.26. The molecule has 0 fully saturated rings. The Kier molecular flexibility index (Phi) is 8.33. The summed E-state index contributed by atoms with van der Waals surface area (Å²) in [6.45, 7) is 0. The third-order valence-electron chi connectivity index (χ3n) is 12.8. The predicted octanol–water partition coefficient (Wildman–Crippen LogP) is 16.4. The molecule has 11 aromatic rings. The summed E-state index contributed by atoms with van der Waals surface area (Å²) in [6, 6.07) is 87.3. The first-order valence-corrected chi connectivity index (χ1v) is 21.8. The third-order valence-corrected chi connectivity index (χ3v) is 14.0. The zero-order valence-corrected chi connectivity index (χ0v) is 34.2. The third kappa shape index (κ3) is 5.53. The van der Waals surface area contributed by atoms with Crippen LogP contribution in [-0.2, 0) is 5.41 Å². The molecule has 61 heavy (non-hydrogen) atoms. The van der Waals surface area contributed by atoms with Gasteiger partial charge in [-0.1, -0.05) is 200 Å². The highest BCUT2D eigenvalue weighted by atomic mass is 32.1. The van der Waals surface area contributed by atoms with Crippen molar-refractivity contribution < 1.29 is 0 Å². The van der Waals surface area contributed by atoms with Crippen molar-refractivity contribution in [1.29, 1.82) is 0 Å². The predicted molar refractivity (Wildman–Crippen MR) is 260 cm³/mol. The Morgan fingerprint density at radius 2 is 0.934 bits per heavy atom. The van der Waals surface area contributed by atoms with E-state index in [-0.39, 0.29) is 0 Å². The SMILES string of the molecule is c1ccc(-c2ccc3sc4c(N(c5ccc(-c6cccc7ccccc67)cc5)c5cccc6c5-c5ccccc5C6(c5ccccc5)c5ccccc5)cccc4c3c2)cc1. The monoisotopic (exact) mass is 793 g/mol. The Morgan fingerprint density at radius 1 is 0.361 bits per heavy atom. The molecule has 286 valence electrons. The minimum atomic E-state index is -0.508. The van der Waals surface area contributed by atoms with Crippen LogP contribution in [0, 0.1) is 0 Å². The van der Waals surface area contributed by atoms with Gasteiger partial charge >= 0.3 is 0 Å². The van der Waals surface area contributed by atoms with E-state index in [1.807, 2.05) is 11.3 Å². The van der Waals surface area contributed by atoms with Crippen LogP contribution >= 0.6 is 11.3 Å². The highest BCUT2D eigenvalue weighted by Gasteiger charge is 2.47. The number of thiophene rings is 1. The minimum Gasteiger partial charge on any atom is -0.308 e. The minimum absolute atomic E-state index is 0.508. The lowest BCUT2D eigenvalue weighted by molar-refractivity contribution is 0.768. The van der Waals surface area contributed by atoms with Crippen molar-refractivity contribution in [2.75, 3.05) is 4.90 Å². The van der Waals surface area contributed by atoms with E-state index in [0.29, 0.717) is 0 Å². The maximum absolute atomic E-state index is 2.53. The summed E-state index contributed by atoms with van der Waals surface area (Å²) in [6.07, 6.45) is 0. The van der Waals surface area contributed by atoms with Crippen LogP contribution in [0.15, 0.2) is 237 Å². The van der Waals surface area contributed by atoms with Crippen LogP contribution in [0.5, 0.6) is 0 Å². The number of fused-ring (bicyclic) bond motifs is 7. The van der Waals surface area contributed by atoms with Gasteiger partial charge < -0.3 is 4.90 Å². The Bertz CT molecular complexity index is 3360. The fourth-order valence-corrected chi connectivity index (χ4v) is 11.3. The van der Waals surface area contributed by atoms with Crippen molar-refractivity contribution in [2.24, 2.45) is 0 Å². The zero-order chi connectivity index (χ0) is 40.3. The fraction of sp³-hybridized carbons (Fsp3) is 0.0169.